The Kier molecular flexibility index (Phi) is 7.03. The average Bonchev–Trinajstić information content (AvgIpc) is 2.37. The highest BCUT2D eigenvalue weighted by Crippen LogP contribution is 2.16. The molecule has 108 valence electrons. The van der Waals surface area contributed by atoms with Gasteiger partial charge in [-0.3, -0.25) is 9.88 Å². The third-order valence-electron chi connectivity index (χ3n) is 3.22. The van der Waals surface area contributed by atoms with E-state index < -0.39 is 0 Å². The molecule has 0 spiro atoms. The Labute approximate surface area is 118 Å². The van der Waals surface area contributed by atoms with E-state index in [9.17, 15) is 0 Å². The van der Waals surface area contributed by atoms with Crippen molar-refractivity contribution in [1.82, 2.24) is 15.2 Å². The van der Waals surface area contributed by atoms with Crippen LogP contribution in [0.2, 0.25) is 0 Å². The van der Waals surface area contributed by atoms with Crippen molar-refractivity contribution in [2.24, 2.45) is 5.41 Å². The Hall–Kier alpha value is -0.930. The van der Waals surface area contributed by atoms with Crippen LogP contribution in [-0.2, 0) is 6.54 Å². The number of likely N-dealkylation sites (N-methyl/N-ethyl adjacent to an activating group) is 1. The van der Waals surface area contributed by atoms with Gasteiger partial charge in [-0.1, -0.05) is 33.8 Å². The second kappa shape index (κ2) is 8.28. The van der Waals surface area contributed by atoms with E-state index in [0.29, 0.717) is 5.41 Å². The van der Waals surface area contributed by atoms with Gasteiger partial charge in [0.1, 0.15) is 0 Å². The quantitative estimate of drug-likeness (QED) is 0.731. The summed E-state index contributed by atoms with van der Waals surface area (Å²) in [6.07, 6.45) is 3.09. The molecule has 0 fully saturated rings. The van der Waals surface area contributed by atoms with Gasteiger partial charge < -0.3 is 5.32 Å². The number of pyridine rings is 1. The van der Waals surface area contributed by atoms with E-state index in [-0.39, 0.29) is 0 Å². The van der Waals surface area contributed by atoms with E-state index in [1.807, 2.05) is 12.3 Å². The van der Waals surface area contributed by atoms with Crippen LogP contribution in [-0.4, -0.2) is 36.1 Å². The van der Waals surface area contributed by atoms with Crippen molar-refractivity contribution >= 4 is 0 Å². The molecule has 0 unspecified atom stereocenters. The zero-order valence-electron chi connectivity index (χ0n) is 12.9. The van der Waals surface area contributed by atoms with E-state index in [4.69, 9.17) is 0 Å². The van der Waals surface area contributed by atoms with Crippen molar-refractivity contribution < 1.29 is 0 Å². The topological polar surface area (TPSA) is 28.2 Å². The van der Waals surface area contributed by atoms with Gasteiger partial charge >= 0.3 is 0 Å². The van der Waals surface area contributed by atoms with Crippen molar-refractivity contribution in [3.05, 3.63) is 30.1 Å². The summed E-state index contributed by atoms with van der Waals surface area (Å²) < 4.78 is 0. The summed E-state index contributed by atoms with van der Waals surface area (Å²) in [6.45, 7) is 14.3. The molecule has 0 aromatic carbocycles. The highest BCUT2D eigenvalue weighted by Gasteiger charge is 2.09. The van der Waals surface area contributed by atoms with Crippen LogP contribution in [0.25, 0.3) is 0 Å². The fourth-order valence-electron chi connectivity index (χ4n) is 1.90. The Morgan fingerprint density at radius 2 is 2.00 bits per heavy atom. The summed E-state index contributed by atoms with van der Waals surface area (Å²) in [7, 11) is 0. The highest BCUT2D eigenvalue weighted by atomic mass is 15.1. The first-order valence-electron chi connectivity index (χ1n) is 7.34. The molecule has 0 saturated heterocycles. The van der Waals surface area contributed by atoms with E-state index in [1.165, 1.54) is 6.42 Å². The van der Waals surface area contributed by atoms with Gasteiger partial charge in [-0.2, -0.15) is 0 Å². The van der Waals surface area contributed by atoms with Gasteiger partial charge in [0.05, 0.1) is 5.69 Å². The van der Waals surface area contributed by atoms with Gasteiger partial charge in [0.25, 0.3) is 0 Å². The lowest BCUT2D eigenvalue weighted by molar-refractivity contribution is 0.272. The van der Waals surface area contributed by atoms with Crippen LogP contribution in [0.1, 0.15) is 39.8 Å². The zero-order valence-corrected chi connectivity index (χ0v) is 12.9. The molecule has 0 bridgehead atoms. The minimum atomic E-state index is 0.422. The molecule has 1 heterocycles. The van der Waals surface area contributed by atoms with Crippen LogP contribution >= 0.6 is 0 Å². The Morgan fingerprint density at radius 1 is 1.21 bits per heavy atom. The molecule has 0 amide bonds. The molecular formula is C16H29N3. The summed E-state index contributed by atoms with van der Waals surface area (Å²) in [5.41, 5.74) is 1.57. The van der Waals surface area contributed by atoms with Gasteiger partial charge in [-0.05, 0) is 37.1 Å². The first kappa shape index (κ1) is 16.1. The molecule has 0 atom stereocenters. The molecule has 1 aromatic heterocycles. The normalized spacial score (nSPS) is 12.1. The molecule has 1 N–H and O–H groups in total. The lowest BCUT2D eigenvalue weighted by Crippen LogP contribution is -2.33. The van der Waals surface area contributed by atoms with Crippen molar-refractivity contribution in [3.8, 4) is 0 Å². The van der Waals surface area contributed by atoms with E-state index in [0.717, 1.165) is 38.4 Å². The lowest BCUT2D eigenvalue weighted by atomic mass is 9.92. The largest absolute Gasteiger partial charge is 0.315 e. The second-order valence-corrected chi connectivity index (χ2v) is 6.25. The number of hydrogen-bond donors (Lipinski definition) is 1. The maximum atomic E-state index is 4.38. The first-order chi connectivity index (χ1) is 9.01. The minimum absolute atomic E-state index is 0.422. The summed E-state index contributed by atoms with van der Waals surface area (Å²) in [4.78, 5) is 6.80. The molecule has 0 saturated carbocycles. The first-order valence-corrected chi connectivity index (χ1v) is 7.34. The third-order valence-corrected chi connectivity index (χ3v) is 3.22. The van der Waals surface area contributed by atoms with Crippen LogP contribution in [0.3, 0.4) is 0 Å². The lowest BCUT2D eigenvalue weighted by Gasteiger charge is -2.21. The van der Waals surface area contributed by atoms with Crippen LogP contribution in [0.5, 0.6) is 0 Å². The minimum Gasteiger partial charge on any atom is -0.315 e. The molecule has 1 aromatic rings. The SMILES string of the molecule is CCN(CCNCCC(C)(C)C)Cc1ccccn1. The van der Waals surface area contributed by atoms with Gasteiger partial charge in [0.2, 0.25) is 0 Å². The van der Waals surface area contributed by atoms with Crippen LogP contribution in [0.15, 0.2) is 24.4 Å². The molecule has 0 radical (unpaired) electrons. The zero-order chi connectivity index (χ0) is 14.1. The maximum absolute atomic E-state index is 4.38. The number of rotatable bonds is 8. The van der Waals surface area contributed by atoms with Crippen molar-refractivity contribution in [2.75, 3.05) is 26.2 Å². The monoisotopic (exact) mass is 263 g/mol. The van der Waals surface area contributed by atoms with Crippen molar-refractivity contribution in [1.29, 1.82) is 0 Å². The Morgan fingerprint density at radius 3 is 2.58 bits per heavy atom. The molecule has 0 aliphatic carbocycles. The van der Waals surface area contributed by atoms with Gasteiger partial charge in [-0.15, -0.1) is 0 Å². The Bertz CT molecular complexity index is 330. The summed E-state index contributed by atoms with van der Waals surface area (Å²) >= 11 is 0. The van der Waals surface area contributed by atoms with Crippen LogP contribution in [0.4, 0.5) is 0 Å². The molecule has 19 heavy (non-hydrogen) atoms. The Balaban J connectivity index is 2.19. The fourth-order valence-corrected chi connectivity index (χ4v) is 1.90. The average molecular weight is 263 g/mol. The number of aromatic nitrogens is 1. The fraction of sp³-hybridized carbons (Fsp3) is 0.688. The van der Waals surface area contributed by atoms with Crippen molar-refractivity contribution in [2.45, 2.75) is 40.7 Å². The molecule has 1 rings (SSSR count). The summed E-state index contributed by atoms with van der Waals surface area (Å²) in [5, 5.41) is 3.53. The van der Waals surface area contributed by atoms with Gasteiger partial charge in [0.15, 0.2) is 0 Å². The second-order valence-electron chi connectivity index (χ2n) is 6.25. The van der Waals surface area contributed by atoms with Crippen LogP contribution in [0, 0.1) is 5.41 Å². The highest BCUT2D eigenvalue weighted by molar-refractivity contribution is 5.03. The maximum Gasteiger partial charge on any atom is 0.0543 e. The van der Waals surface area contributed by atoms with Gasteiger partial charge in [0, 0.05) is 25.8 Å². The molecular weight excluding hydrogens is 234 g/mol. The number of nitrogens with zero attached hydrogens (tertiary/aromatic N) is 2. The molecule has 0 aliphatic heterocycles. The molecule has 3 nitrogen and oxygen atoms in total. The van der Waals surface area contributed by atoms with Gasteiger partial charge in [-0.25, -0.2) is 0 Å². The predicted molar refractivity (Wildman–Crippen MR) is 82.1 cm³/mol. The standard InChI is InChI=1S/C16H29N3/c1-5-19(14-15-8-6-7-10-18-15)13-12-17-11-9-16(2,3)4/h6-8,10,17H,5,9,11-14H2,1-4H3. The summed E-state index contributed by atoms with van der Waals surface area (Å²) in [6, 6.07) is 6.11. The number of nitrogens with one attached hydrogen (secondary N) is 1. The van der Waals surface area contributed by atoms with E-state index in [2.05, 4.69) is 55.0 Å². The molecule has 3 heteroatoms. The molecule has 0 aliphatic rings. The van der Waals surface area contributed by atoms with E-state index >= 15 is 0 Å². The number of hydrogen-bond acceptors (Lipinski definition) is 3. The van der Waals surface area contributed by atoms with Crippen LogP contribution < -0.4 is 5.32 Å². The van der Waals surface area contributed by atoms with Crippen molar-refractivity contribution in [3.63, 3.8) is 0 Å². The smallest absolute Gasteiger partial charge is 0.0543 e. The predicted octanol–water partition coefficient (Wildman–Crippen LogP) is 2.93. The summed E-state index contributed by atoms with van der Waals surface area (Å²) in [5.74, 6) is 0. The third kappa shape index (κ3) is 7.96. The van der Waals surface area contributed by atoms with E-state index in [1.54, 1.807) is 0 Å².